The predicted molar refractivity (Wildman–Crippen MR) is 52.8 cm³/mol. The fourth-order valence-electron chi connectivity index (χ4n) is 1.01. The molecule has 1 rings (SSSR count). The molecule has 7 heteroatoms. The quantitative estimate of drug-likeness (QED) is 0.734. The number of aliphatic carboxylic acids is 1. The molecule has 0 fully saturated rings. The number of hydrogen-bond acceptors (Lipinski definition) is 3. The predicted octanol–water partition coefficient (Wildman–Crippen LogP) is 1.51. The number of nitrogens with two attached hydrogens (primary N) is 1. The zero-order valence-corrected chi connectivity index (χ0v) is 8.38. The molecule has 17 heavy (non-hydrogen) atoms. The maximum absolute atomic E-state index is 12.5. The Morgan fingerprint density at radius 3 is 2.65 bits per heavy atom. The highest BCUT2D eigenvalue weighted by molar-refractivity contribution is 5.70. The van der Waals surface area contributed by atoms with E-state index >= 15 is 0 Å². The van der Waals surface area contributed by atoms with Crippen LogP contribution in [0.3, 0.4) is 0 Å². The van der Waals surface area contributed by atoms with Gasteiger partial charge in [0.25, 0.3) is 0 Å². The summed E-state index contributed by atoms with van der Waals surface area (Å²) < 4.78 is 37.5. The molecule has 0 bridgehead atoms. The first-order valence-corrected chi connectivity index (χ1v) is 4.35. The Morgan fingerprint density at radius 1 is 1.47 bits per heavy atom. The van der Waals surface area contributed by atoms with E-state index in [9.17, 15) is 18.0 Å². The van der Waals surface area contributed by atoms with Gasteiger partial charge < -0.3 is 10.8 Å². The van der Waals surface area contributed by atoms with Gasteiger partial charge in [-0.25, -0.2) is 4.98 Å². The summed E-state index contributed by atoms with van der Waals surface area (Å²) in [6.07, 6.45) is -5.22. The van der Waals surface area contributed by atoms with Gasteiger partial charge in [-0.3, -0.25) is 4.79 Å². The summed E-state index contributed by atoms with van der Waals surface area (Å²) in [6, 6.07) is 2.22. The minimum atomic E-state index is -4.68. The molecule has 1 heterocycles. The molecule has 4 nitrogen and oxygen atoms in total. The van der Waals surface area contributed by atoms with Gasteiger partial charge in [0.2, 0.25) is 0 Å². The summed E-state index contributed by atoms with van der Waals surface area (Å²) in [6.45, 7) is 0. The normalized spacial score (nSPS) is 10.5. The molecule has 1 aromatic rings. The fourth-order valence-corrected chi connectivity index (χ4v) is 1.01. The van der Waals surface area contributed by atoms with E-state index in [-0.39, 0.29) is 5.82 Å². The number of nitrogens with zero attached hydrogens (tertiary/aromatic N) is 1. The van der Waals surface area contributed by atoms with E-state index in [1.54, 1.807) is 0 Å². The highest BCUT2D eigenvalue weighted by atomic mass is 19.4. The van der Waals surface area contributed by atoms with Crippen molar-refractivity contribution in [2.75, 3.05) is 5.73 Å². The van der Waals surface area contributed by atoms with Crippen molar-refractivity contribution in [2.24, 2.45) is 0 Å². The molecule has 0 atom stereocenters. The standard InChI is InChI=1S/C10H7F3N2O2/c11-10(12,13)9-6(2-1-3-8(16)17)4-5-7(14)15-9/h4-5H,3H2,(H2,14,15)(H,16,17). The van der Waals surface area contributed by atoms with Crippen LogP contribution in [0.25, 0.3) is 0 Å². The van der Waals surface area contributed by atoms with E-state index in [1.807, 2.05) is 0 Å². The van der Waals surface area contributed by atoms with Crippen LogP contribution < -0.4 is 5.73 Å². The van der Waals surface area contributed by atoms with E-state index in [4.69, 9.17) is 10.8 Å². The lowest BCUT2D eigenvalue weighted by molar-refractivity contribution is -0.141. The zero-order chi connectivity index (χ0) is 13.1. The largest absolute Gasteiger partial charge is 0.481 e. The second kappa shape index (κ2) is 4.74. The third-order valence-electron chi connectivity index (χ3n) is 1.65. The van der Waals surface area contributed by atoms with Crippen molar-refractivity contribution in [2.45, 2.75) is 12.6 Å². The van der Waals surface area contributed by atoms with Gasteiger partial charge in [0.1, 0.15) is 12.2 Å². The first-order chi connectivity index (χ1) is 7.80. The molecule has 0 aromatic carbocycles. The Bertz CT molecular complexity index is 500. The smallest absolute Gasteiger partial charge is 0.434 e. The lowest BCUT2D eigenvalue weighted by Gasteiger charge is -2.08. The van der Waals surface area contributed by atoms with Crippen molar-refractivity contribution in [1.82, 2.24) is 4.98 Å². The van der Waals surface area contributed by atoms with E-state index < -0.39 is 29.8 Å². The summed E-state index contributed by atoms with van der Waals surface area (Å²) in [5, 5.41) is 8.30. The van der Waals surface area contributed by atoms with Crippen molar-refractivity contribution < 1.29 is 23.1 Å². The number of carbonyl (C=O) groups is 1. The third-order valence-corrected chi connectivity index (χ3v) is 1.65. The molecule has 0 saturated heterocycles. The molecule has 0 unspecified atom stereocenters. The number of carboxylic acid groups (broad SMARTS) is 1. The summed E-state index contributed by atoms with van der Waals surface area (Å²) in [5.41, 5.74) is 3.54. The second-order valence-electron chi connectivity index (χ2n) is 3.00. The zero-order valence-electron chi connectivity index (χ0n) is 8.38. The Morgan fingerprint density at radius 2 is 2.12 bits per heavy atom. The maximum atomic E-state index is 12.5. The van der Waals surface area contributed by atoms with Crippen LogP contribution in [0.15, 0.2) is 12.1 Å². The number of nitrogen functional groups attached to an aromatic ring is 1. The summed E-state index contributed by atoms with van der Waals surface area (Å²) in [5.74, 6) is 2.72. The second-order valence-corrected chi connectivity index (χ2v) is 3.00. The monoisotopic (exact) mass is 244 g/mol. The van der Waals surface area contributed by atoms with Gasteiger partial charge >= 0.3 is 12.1 Å². The van der Waals surface area contributed by atoms with Crippen molar-refractivity contribution in [3.63, 3.8) is 0 Å². The number of rotatable bonds is 1. The van der Waals surface area contributed by atoms with Crippen LogP contribution in [-0.2, 0) is 11.0 Å². The number of pyridine rings is 1. The van der Waals surface area contributed by atoms with E-state index in [2.05, 4.69) is 16.8 Å². The van der Waals surface area contributed by atoms with Crippen LogP contribution in [-0.4, -0.2) is 16.1 Å². The van der Waals surface area contributed by atoms with E-state index in [0.717, 1.165) is 6.07 Å². The summed E-state index contributed by atoms with van der Waals surface area (Å²) >= 11 is 0. The van der Waals surface area contributed by atoms with Gasteiger partial charge in [-0.05, 0) is 12.1 Å². The lowest BCUT2D eigenvalue weighted by atomic mass is 10.2. The van der Waals surface area contributed by atoms with Crippen LogP contribution >= 0.6 is 0 Å². The van der Waals surface area contributed by atoms with Gasteiger partial charge in [-0.15, -0.1) is 0 Å². The molecule has 90 valence electrons. The number of carboxylic acids is 1. The van der Waals surface area contributed by atoms with Gasteiger partial charge in [0, 0.05) is 0 Å². The molecule has 0 aliphatic carbocycles. The number of halogens is 3. The highest BCUT2D eigenvalue weighted by Crippen LogP contribution is 2.30. The van der Waals surface area contributed by atoms with Gasteiger partial charge in [0.05, 0.1) is 5.56 Å². The average molecular weight is 244 g/mol. The van der Waals surface area contributed by atoms with Crippen molar-refractivity contribution in [3.8, 4) is 11.8 Å². The van der Waals surface area contributed by atoms with Crippen molar-refractivity contribution >= 4 is 11.8 Å². The molecule has 0 aliphatic heterocycles. The first kappa shape index (κ1) is 12.8. The molecular formula is C10H7F3N2O2. The van der Waals surface area contributed by atoms with Gasteiger partial charge in [0.15, 0.2) is 5.69 Å². The molecule has 0 saturated carbocycles. The average Bonchev–Trinajstić information content (AvgIpc) is 2.18. The van der Waals surface area contributed by atoms with Gasteiger partial charge in [-0.1, -0.05) is 11.8 Å². The fraction of sp³-hybridized carbons (Fsp3) is 0.200. The number of anilines is 1. The molecule has 0 spiro atoms. The summed E-state index contributed by atoms with van der Waals surface area (Å²) in [7, 11) is 0. The minimum absolute atomic E-state index is 0.277. The molecule has 0 aliphatic rings. The molecule has 0 radical (unpaired) electrons. The number of hydrogen-bond donors (Lipinski definition) is 2. The minimum Gasteiger partial charge on any atom is -0.481 e. The molecule has 3 N–H and O–H groups in total. The Kier molecular flexibility index (Phi) is 3.58. The van der Waals surface area contributed by atoms with Crippen molar-refractivity contribution in [1.29, 1.82) is 0 Å². The molecular weight excluding hydrogens is 237 g/mol. The van der Waals surface area contributed by atoms with E-state index in [0.29, 0.717) is 0 Å². The molecule has 1 aromatic heterocycles. The van der Waals surface area contributed by atoms with Crippen LogP contribution in [0.1, 0.15) is 17.7 Å². The Labute approximate surface area is 94.3 Å². The first-order valence-electron chi connectivity index (χ1n) is 4.35. The molecule has 0 amide bonds. The SMILES string of the molecule is Nc1ccc(C#CCC(=O)O)c(C(F)(F)F)n1. The highest BCUT2D eigenvalue weighted by Gasteiger charge is 2.35. The summed E-state index contributed by atoms with van der Waals surface area (Å²) in [4.78, 5) is 13.3. The number of aromatic nitrogens is 1. The van der Waals surface area contributed by atoms with E-state index in [1.165, 1.54) is 6.07 Å². The maximum Gasteiger partial charge on any atom is 0.434 e. The van der Waals surface area contributed by atoms with Crippen LogP contribution in [0.5, 0.6) is 0 Å². The number of alkyl halides is 3. The van der Waals surface area contributed by atoms with Gasteiger partial charge in [-0.2, -0.15) is 13.2 Å². The lowest BCUT2D eigenvalue weighted by Crippen LogP contribution is -2.12. The van der Waals surface area contributed by atoms with Crippen molar-refractivity contribution in [3.05, 3.63) is 23.4 Å². The third kappa shape index (κ3) is 3.68. The van der Waals surface area contributed by atoms with Crippen LogP contribution in [0, 0.1) is 11.8 Å². The van der Waals surface area contributed by atoms with Crippen LogP contribution in [0.4, 0.5) is 19.0 Å². The Balaban J connectivity index is 3.14. The Hall–Kier alpha value is -2.23. The topological polar surface area (TPSA) is 76.2 Å². The van der Waals surface area contributed by atoms with Crippen LogP contribution in [0.2, 0.25) is 0 Å².